The van der Waals surface area contributed by atoms with Gasteiger partial charge in [-0.3, -0.25) is 4.99 Å². The molecule has 5 heteroatoms. The van der Waals surface area contributed by atoms with Gasteiger partial charge in [0.05, 0.1) is 18.7 Å². The second kappa shape index (κ2) is 13.0. The molecule has 0 fully saturated rings. The number of esters is 1. The molecule has 0 radical (unpaired) electrons. The first kappa shape index (κ1) is 37.0. The second-order valence-corrected chi connectivity index (χ2v) is 16.8. The summed E-state index contributed by atoms with van der Waals surface area (Å²) in [5.74, 6) is -0.509. The van der Waals surface area contributed by atoms with E-state index >= 15 is 0 Å². The van der Waals surface area contributed by atoms with Crippen LogP contribution >= 0.6 is 0 Å². The van der Waals surface area contributed by atoms with E-state index in [-0.39, 0.29) is 27.4 Å². The number of aliphatic imine (C=N–C) groups is 1. The van der Waals surface area contributed by atoms with E-state index in [0.29, 0.717) is 17.5 Å². The lowest BCUT2D eigenvalue weighted by molar-refractivity contribution is 0.0508. The number of hydrogen-bond donors (Lipinski definition) is 2. The number of benzene rings is 3. The lowest BCUT2D eigenvalue weighted by Crippen LogP contribution is -2.41. The van der Waals surface area contributed by atoms with Crippen LogP contribution in [0.4, 0.5) is 0 Å². The number of phenols is 1. The van der Waals surface area contributed by atoms with Crippen molar-refractivity contribution in [1.29, 1.82) is 0 Å². The minimum absolute atomic E-state index is 0.00991. The molecule has 1 atom stereocenters. The summed E-state index contributed by atoms with van der Waals surface area (Å²) >= 11 is 0. The molecule has 0 aromatic heterocycles. The molecule has 0 aliphatic rings. The number of aliphatic hydroxyl groups is 1. The molecule has 0 bridgehead atoms. The van der Waals surface area contributed by atoms with Gasteiger partial charge in [-0.25, -0.2) is 4.79 Å². The summed E-state index contributed by atoms with van der Waals surface area (Å²) in [5.41, 5.74) is 4.64. The van der Waals surface area contributed by atoms with Crippen molar-refractivity contribution in [2.75, 3.05) is 7.11 Å². The predicted molar refractivity (Wildman–Crippen MR) is 192 cm³/mol. The van der Waals surface area contributed by atoms with Gasteiger partial charge in [0.25, 0.3) is 0 Å². The van der Waals surface area contributed by atoms with Crippen LogP contribution in [0.25, 0.3) is 0 Å². The van der Waals surface area contributed by atoms with Crippen molar-refractivity contribution in [2.45, 2.75) is 130 Å². The van der Waals surface area contributed by atoms with Crippen molar-refractivity contribution in [3.05, 3.63) is 99.1 Å². The van der Waals surface area contributed by atoms with Crippen molar-refractivity contribution < 1.29 is 19.7 Å². The zero-order valence-corrected chi connectivity index (χ0v) is 30.7. The van der Waals surface area contributed by atoms with Crippen LogP contribution in [0.3, 0.4) is 0 Å². The number of ether oxygens (including phenoxy) is 1. The van der Waals surface area contributed by atoms with Gasteiger partial charge in [0.2, 0.25) is 0 Å². The molecule has 5 nitrogen and oxygen atoms in total. The highest BCUT2D eigenvalue weighted by molar-refractivity contribution is 5.93. The summed E-state index contributed by atoms with van der Waals surface area (Å²) in [6, 6.07) is 17.0. The summed E-state index contributed by atoms with van der Waals surface area (Å²) in [5, 5.41) is 24.2. The van der Waals surface area contributed by atoms with Crippen LogP contribution in [-0.4, -0.2) is 35.5 Å². The van der Waals surface area contributed by atoms with Gasteiger partial charge in [0.15, 0.2) is 0 Å². The predicted octanol–water partition coefficient (Wildman–Crippen LogP) is 9.50. The standard InChI is InChI=1S/C41H57NO4/c1-15-35(42-25-27-18-26(36(44)46-14)16-17-34(27)43)41(45,32-21-28(37(2,3)4)19-29(22-32)38(5,6)7)33-23-30(39(8,9)10)20-31(24-33)40(11,12)13/h16-25,35,43,45H,15H2,1-14H3. The summed E-state index contributed by atoms with van der Waals surface area (Å²) in [6.45, 7) is 28.4. The molecule has 0 aliphatic carbocycles. The summed E-state index contributed by atoms with van der Waals surface area (Å²) in [7, 11) is 1.32. The zero-order chi connectivity index (χ0) is 35.0. The Balaban J connectivity index is 2.47. The number of carbonyl (C=O) groups is 1. The van der Waals surface area contributed by atoms with E-state index in [9.17, 15) is 15.0 Å². The first-order valence-corrected chi connectivity index (χ1v) is 16.4. The van der Waals surface area contributed by atoms with E-state index in [4.69, 9.17) is 9.73 Å². The second-order valence-electron chi connectivity index (χ2n) is 16.8. The summed E-state index contributed by atoms with van der Waals surface area (Å²) in [6.07, 6.45) is 2.08. The van der Waals surface area contributed by atoms with E-state index in [1.54, 1.807) is 12.3 Å². The first-order valence-electron chi connectivity index (χ1n) is 16.4. The molecule has 250 valence electrons. The fourth-order valence-electron chi connectivity index (χ4n) is 5.56. The fourth-order valence-corrected chi connectivity index (χ4v) is 5.56. The Bertz CT molecular complexity index is 1450. The number of aromatic hydroxyl groups is 1. The van der Waals surface area contributed by atoms with Gasteiger partial charge < -0.3 is 14.9 Å². The average molecular weight is 628 g/mol. The van der Waals surface area contributed by atoms with E-state index in [0.717, 1.165) is 33.4 Å². The number of nitrogens with zero attached hydrogens (tertiary/aromatic N) is 1. The van der Waals surface area contributed by atoms with Gasteiger partial charge in [-0.05, 0) is 79.7 Å². The SMILES string of the molecule is CCC(N=Cc1cc(C(=O)OC)ccc1O)C(O)(c1cc(C(C)(C)C)cc(C(C)(C)C)c1)c1cc(C(C)(C)C)cc(C(C)(C)C)c1. The van der Waals surface area contributed by atoms with Gasteiger partial charge >= 0.3 is 5.97 Å². The third-order valence-corrected chi connectivity index (χ3v) is 8.92. The third-order valence-electron chi connectivity index (χ3n) is 8.92. The lowest BCUT2D eigenvalue weighted by Gasteiger charge is -2.39. The Morgan fingerprint density at radius 3 is 1.39 bits per heavy atom. The van der Waals surface area contributed by atoms with Crippen molar-refractivity contribution in [3.8, 4) is 5.75 Å². The van der Waals surface area contributed by atoms with Crippen LogP contribution in [0.15, 0.2) is 59.6 Å². The Morgan fingerprint density at radius 2 is 1.07 bits per heavy atom. The Morgan fingerprint density at radius 1 is 0.696 bits per heavy atom. The Labute approximate surface area is 278 Å². The number of methoxy groups -OCH3 is 1. The minimum Gasteiger partial charge on any atom is -0.507 e. The molecule has 1 unspecified atom stereocenters. The molecule has 0 saturated heterocycles. The van der Waals surface area contributed by atoms with Crippen LogP contribution in [-0.2, 0) is 32.0 Å². The molecular weight excluding hydrogens is 570 g/mol. The van der Waals surface area contributed by atoms with Gasteiger partial charge in [-0.1, -0.05) is 126 Å². The molecule has 3 aromatic rings. The Kier molecular flexibility index (Phi) is 10.5. The maximum absolute atomic E-state index is 13.5. The normalized spacial score (nSPS) is 14.1. The van der Waals surface area contributed by atoms with Crippen LogP contribution in [0.2, 0.25) is 0 Å². The number of carbonyl (C=O) groups excluding carboxylic acids is 1. The average Bonchev–Trinajstić information content (AvgIpc) is 2.95. The number of phenolic OH excluding ortho intramolecular Hbond substituents is 1. The van der Waals surface area contributed by atoms with Crippen molar-refractivity contribution in [2.24, 2.45) is 4.99 Å². The topological polar surface area (TPSA) is 79.1 Å². The molecule has 3 rings (SSSR count). The van der Waals surface area contributed by atoms with Crippen molar-refractivity contribution in [1.82, 2.24) is 0 Å². The molecule has 2 N–H and O–H groups in total. The van der Waals surface area contributed by atoms with E-state index in [1.807, 2.05) is 6.92 Å². The van der Waals surface area contributed by atoms with E-state index < -0.39 is 17.6 Å². The molecule has 46 heavy (non-hydrogen) atoms. The fraction of sp³-hybridized carbons (Fsp3) is 0.512. The Hall–Kier alpha value is -3.44. The van der Waals surface area contributed by atoms with Crippen molar-refractivity contribution in [3.63, 3.8) is 0 Å². The molecule has 0 spiro atoms. The highest BCUT2D eigenvalue weighted by Crippen LogP contribution is 2.43. The first-order chi connectivity index (χ1) is 20.9. The third kappa shape index (κ3) is 8.09. The highest BCUT2D eigenvalue weighted by atomic mass is 16.5. The zero-order valence-electron chi connectivity index (χ0n) is 30.7. The highest BCUT2D eigenvalue weighted by Gasteiger charge is 2.42. The molecule has 0 saturated carbocycles. The van der Waals surface area contributed by atoms with Gasteiger partial charge in [-0.15, -0.1) is 0 Å². The molecule has 3 aromatic carbocycles. The van der Waals surface area contributed by atoms with Crippen LogP contribution in [0.1, 0.15) is 146 Å². The smallest absolute Gasteiger partial charge is 0.337 e. The monoisotopic (exact) mass is 627 g/mol. The van der Waals surface area contributed by atoms with Crippen molar-refractivity contribution >= 4 is 12.2 Å². The van der Waals surface area contributed by atoms with Crippen LogP contribution in [0.5, 0.6) is 5.75 Å². The quantitative estimate of drug-likeness (QED) is 0.202. The molecular formula is C41H57NO4. The molecule has 0 heterocycles. The van der Waals surface area contributed by atoms with E-state index in [2.05, 4.69) is 119 Å². The van der Waals surface area contributed by atoms with Gasteiger partial charge in [0.1, 0.15) is 11.4 Å². The largest absolute Gasteiger partial charge is 0.507 e. The van der Waals surface area contributed by atoms with Gasteiger partial charge in [-0.2, -0.15) is 0 Å². The van der Waals surface area contributed by atoms with E-state index in [1.165, 1.54) is 19.2 Å². The van der Waals surface area contributed by atoms with Gasteiger partial charge in [0, 0.05) is 11.8 Å². The number of hydrogen-bond acceptors (Lipinski definition) is 5. The summed E-state index contributed by atoms with van der Waals surface area (Å²) < 4.78 is 4.90. The van der Waals surface area contributed by atoms with Crippen LogP contribution in [0, 0.1) is 0 Å². The maximum Gasteiger partial charge on any atom is 0.337 e. The maximum atomic E-state index is 13.5. The summed E-state index contributed by atoms with van der Waals surface area (Å²) in [4.78, 5) is 17.3. The molecule has 0 aliphatic heterocycles. The molecule has 0 amide bonds. The van der Waals surface area contributed by atoms with Crippen LogP contribution < -0.4 is 0 Å². The number of rotatable bonds is 7. The minimum atomic E-state index is -1.52. The lowest BCUT2D eigenvalue weighted by atomic mass is 9.71.